The lowest BCUT2D eigenvalue weighted by Gasteiger charge is -2.02. The monoisotopic (exact) mass is 269 g/mol. The van der Waals surface area contributed by atoms with E-state index in [1.807, 2.05) is 24.3 Å². The van der Waals surface area contributed by atoms with Crippen LogP contribution < -0.4 is 4.87 Å². The van der Waals surface area contributed by atoms with Crippen LogP contribution in [0.25, 0.3) is 10.2 Å². The van der Waals surface area contributed by atoms with E-state index < -0.39 is 0 Å². The van der Waals surface area contributed by atoms with Crippen LogP contribution in [-0.4, -0.2) is 10.4 Å². The molecule has 94 valence electrons. The number of nitrogens with zero attached hydrogens (tertiary/aromatic N) is 1. The van der Waals surface area contributed by atoms with Crippen LogP contribution >= 0.6 is 11.3 Å². The molecule has 0 fully saturated rings. The summed E-state index contributed by atoms with van der Waals surface area (Å²) >= 11 is 1.19. The minimum Gasteiger partial charge on any atom is -0.302 e. The molecule has 0 aliphatic rings. The maximum atomic E-state index is 12.3. The second-order valence-electron chi connectivity index (χ2n) is 4.30. The lowest BCUT2D eigenvalue weighted by atomic mass is 10.0. The Balaban J connectivity index is 2.14. The Morgan fingerprint density at radius 1 is 1.05 bits per heavy atom. The fourth-order valence-electron chi connectivity index (χ4n) is 2.02. The lowest BCUT2D eigenvalue weighted by molar-refractivity contribution is 0.103. The molecule has 0 bridgehead atoms. The van der Waals surface area contributed by atoms with Crippen LogP contribution in [-0.2, 0) is 7.05 Å². The molecule has 0 spiro atoms. The third-order valence-electron chi connectivity index (χ3n) is 3.09. The molecular weight excluding hydrogens is 258 g/mol. The van der Waals surface area contributed by atoms with Crippen LogP contribution in [0.3, 0.4) is 0 Å². The van der Waals surface area contributed by atoms with Crippen molar-refractivity contribution in [1.82, 2.24) is 4.57 Å². The van der Waals surface area contributed by atoms with Crippen molar-refractivity contribution in [2.24, 2.45) is 7.05 Å². The van der Waals surface area contributed by atoms with Crippen molar-refractivity contribution >= 4 is 27.3 Å². The van der Waals surface area contributed by atoms with Crippen LogP contribution in [0.1, 0.15) is 15.9 Å². The Kier molecular flexibility index (Phi) is 2.80. The number of aromatic nitrogens is 1. The molecule has 2 aromatic carbocycles. The van der Waals surface area contributed by atoms with Crippen LogP contribution in [0.5, 0.6) is 0 Å². The zero-order valence-electron chi connectivity index (χ0n) is 10.3. The minimum atomic E-state index is -0.0267. The molecule has 4 heteroatoms. The smallest absolute Gasteiger partial charge is 0.302 e. The quantitative estimate of drug-likeness (QED) is 0.671. The van der Waals surface area contributed by atoms with Gasteiger partial charge < -0.3 is 4.57 Å². The van der Waals surface area contributed by atoms with Crippen LogP contribution in [0.15, 0.2) is 53.3 Å². The van der Waals surface area contributed by atoms with Gasteiger partial charge in [-0.15, -0.1) is 0 Å². The highest BCUT2D eigenvalue weighted by Crippen LogP contribution is 2.20. The second-order valence-corrected chi connectivity index (χ2v) is 5.30. The molecule has 0 aliphatic heterocycles. The van der Waals surface area contributed by atoms with Gasteiger partial charge in [-0.1, -0.05) is 41.7 Å². The molecule has 0 saturated carbocycles. The molecular formula is C15H11NO2S. The van der Waals surface area contributed by atoms with E-state index in [9.17, 15) is 9.59 Å². The number of aryl methyl sites for hydroxylation is 1. The molecule has 0 unspecified atom stereocenters. The second kappa shape index (κ2) is 4.48. The third-order valence-corrected chi connectivity index (χ3v) is 4.10. The maximum Gasteiger partial charge on any atom is 0.307 e. The molecule has 0 N–H and O–H groups in total. The van der Waals surface area contributed by atoms with Crippen molar-refractivity contribution in [1.29, 1.82) is 0 Å². The summed E-state index contributed by atoms with van der Waals surface area (Å²) in [6, 6.07) is 14.5. The van der Waals surface area contributed by atoms with Crippen molar-refractivity contribution in [2.75, 3.05) is 0 Å². The van der Waals surface area contributed by atoms with E-state index >= 15 is 0 Å². The largest absolute Gasteiger partial charge is 0.307 e. The summed E-state index contributed by atoms with van der Waals surface area (Å²) in [5.41, 5.74) is 2.06. The Hall–Kier alpha value is -2.20. The summed E-state index contributed by atoms with van der Waals surface area (Å²) in [5.74, 6) is -0.0267. The molecule has 3 nitrogen and oxygen atoms in total. The van der Waals surface area contributed by atoms with Gasteiger partial charge >= 0.3 is 4.87 Å². The van der Waals surface area contributed by atoms with Gasteiger partial charge in [-0.05, 0) is 18.2 Å². The first-order valence-electron chi connectivity index (χ1n) is 5.86. The number of hydrogen-bond acceptors (Lipinski definition) is 3. The average Bonchev–Trinajstić information content (AvgIpc) is 2.74. The predicted molar refractivity (Wildman–Crippen MR) is 76.9 cm³/mol. The van der Waals surface area contributed by atoms with E-state index in [1.165, 1.54) is 11.3 Å². The molecule has 19 heavy (non-hydrogen) atoms. The number of benzene rings is 2. The number of thiazole rings is 1. The molecule has 0 saturated heterocycles. The van der Waals surface area contributed by atoms with Gasteiger partial charge in [-0.3, -0.25) is 9.59 Å². The fraction of sp³-hybridized carbons (Fsp3) is 0.0667. The fourth-order valence-corrected chi connectivity index (χ4v) is 2.88. The maximum absolute atomic E-state index is 12.3. The molecule has 3 rings (SSSR count). The topological polar surface area (TPSA) is 39.1 Å². The van der Waals surface area contributed by atoms with E-state index in [1.54, 1.807) is 35.9 Å². The summed E-state index contributed by atoms with van der Waals surface area (Å²) in [7, 11) is 1.72. The number of ketones is 1. The highest BCUT2D eigenvalue weighted by molar-refractivity contribution is 7.16. The van der Waals surface area contributed by atoms with Crippen molar-refractivity contribution in [3.63, 3.8) is 0 Å². The number of carbonyl (C=O) groups is 1. The summed E-state index contributed by atoms with van der Waals surface area (Å²) in [5, 5.41) is 0. The standard InChI is InChI=1S/C15H11NO2S/c1-16-12-9-11(7-8-13(12)19-15(16)18)14(17)10-5-3-2-4-6-10/h2-9H,1H3. The normalized spacial score (nSPS) is 10.8. The molecule has 0 amide bonds. The number of fused-ring (bicyclic) bond motifs is 1. The summed E-state index contributed by atoms with van der Waals surface area (Å²) in [6.45, 7) is 0. The summed E-state index contributed by atoms with van der Waals surface area (Å²) in [6.07, 6.45) is 0. The van der Waals surface area contributed by atoms with Crippen molar-refractivity contribution in [3.05, 3.63) is 69.3 Å². The van der Waals surface area contributed by atoms with E-state index in [4.69, 9.17) is 0 Å². The Morgan fingerprint density at radius 2 is 1.79 bits per heavy atom. The minimum absolute atomic E-state index is 0.0145. The lowest BCUT2D eigenvalue weighted by Crippen LogP contribution is -2.07. The van der Waals surface area contributed by atoms with Crippen molar-refractivity contribution in [3.8, 4) is 0 Å². The zero-order chi connectivity index (χ0) is 13.4. The number of carbonyl (C=O) groups excluding carboxylic acids is 1. The summed E-state index contributed by atoms with van der Waals surface area (Å²) in [4.78, 5) is 23.9. The highest BCUT2D eigenvalue weighted by Gasteiger charge is 2.11. The van der Waals surface area contributed by atoms with Gasteiger partial charge in [-0.25, -0.2) is 0 Å². The van der Waals surface area contributed by atoms with Gasteiger partial charge in [0.2, 0.25) is 0 Å². The van der Waals surface area contributed by atoms with Gasteiger partial charge in [0, 0.05) is 18.2 Å². The molecule has 1 heterocycles. The van der Waals surface area contributed by atoms with Gasteiger partial charge in [0.15, 0.2) is 5.78 Å². The summed E-state index contributed by atoms with van der Waals surface area (Å²) < 4.78 is 2.47. The van der Waals surface area contributed by atoms with Crippen LogP contribution in [0.2, 0.25) is 0 Å². The van der Waals surface area contributed by atoms with Gasteiger partial charge in [0.1, 0.15) is 0 Å². The molecule has 1 aromatic heterocycles. The first kappa shape index (κ1) is 11.9. The van der Waals surface area contributed by atoms with E-state index in [0.29, 0.717) is 11.1 Å². The molecule has 3 aromatic rings. The van der Waals surface area contributed by atoms with E-state index in [2.05, 4.69) is 0 Å². The number of rotatable bonds is 2. The van der Waals surface area contributed by atoms with Crippen molar-refractivity contribution < 1.29 is 4.79 Å². The zero-order valence-corrected chi connectivity index (χ0v) is 11.1. The van der Waals surface area contributed by atoms with Gasteiger partial charge in [-0.2, -0.15) is 0 Å². The highest BCUT2D eigenvalue weighted by atomic mass is 32.1. The Morgan fingerprint density at radius 3 is 2.53 bits per heavy atom. The average molecular weight is 269 g/mol. The van der Waals surface area contributed by atoms with Gasteiger partial charge in [0.25, 0.3) is 0 Å². The van der Waals surface area contributed by atoms with E-state index in [-0.39, 0.29) is 10.7 Å². The first-order valence-corrected chi connectivity index (χ1v) is 6.68. The molecule has 0 aliphatic carbocycles. The molecule has 0 radical (unpaired) electrons. The molecule has 0 atom stereocenters. The van der Waals surface area contributed by atoms with Crippen molar-refractivity contribution in [2.45, 2.75) is 0 Å². The first-order chi connectivity index (χ1) is 9.16. The Labute approximate surface area is 113 Å². The third kappa shape index (κ3) is 2.00. The predicted octanol–water partition coefficient (Wildman–Crippen LogP) is 2.83. The van der Waals surface area contributed by atoms with Crippen LogP contribution in [0, 0.1) is 0 Å². The van der Waals surface area contributed by atoms with Crippen LogP contribution in [0.4, 0.5) is 0 Å². The Bertz CT molecular complexity index is 815. The SMILES string of the molecule is Cn1c(=O)sc2ccc(C(=O)c3ccccc3)cc21. The van der Waals surface area contributed by atoms with Gasteiger partial charge in [0.05, 0.1) is 10.2 Å². The van der Waals surface area contributed by atoms with E-state index in [0.717, 1.165) is 10.2 Å². The number of hydrogen-bond donors (Lipinski definition) is 0.